The highest BCUT2D eigenvalue weighted by Crippen LogP contribution is 2.39. The molecule has 1 aliphatic heterocycles. The molecule has 3 heterocycles. The highest BCUT2D eigenvalue weighted by molar-refractivity contribution is 7.89. The predicted octanol–water partition coefficient (Wildman–Crippen LogP) is 3.97. The summed E-state index contributed by atoms with van der Waals surface area (Å²) in [4.78, 5) is 24.6. The van der Waals surface area contributed by atoms with Crippen molar-refractivity contribution in [1.29, 1.82) is 0 Å². The van der Waals surface area contributed by atoms with Crippen molar-refractivity contribution >= 4 is 15.9 Å². The molecule has 1 N–H and O–H groups in total. The maximum absolute atomic E-state index is 13.4. The SMILES string of the molecule is C=CC1(C)CC(C(=O)NCc2cc(-c3ccc(C(F)(F)F)nc3)ncn2)N(S(=O)(=O)c2ccc(F)cc2)C1. The van der Waals surface area contributed by atoms with Crippen LogP contribution in [0.15, 0.2) is 72.5 Å². The van der Waals surface area contributed by atoms with E-state index in [2.05, 4.69) is 26.8 Å². The van der Waals surface area contributed by atoms with Gasteiger partial charge in [0.05, 0.1) is 22.8 Å². The minimum atomic E-state index is -4.57. The maximum atomic E-state index is 13.4. The number of rotatable bonds is 7. The van der Waals surface area contributed by atoms with Crippen molar-refractivity contribution in [3.8, 4) is 11.3 Å². The summed E-state index contributed by atoms with van der Waals surface area (Å²) in [6, 6.07) is 6.84. The van der Waals surface area contributed by atoms with Crippen LogP contribution < -0.4 is 5.32 Å². The van der Waals surface area contributed by atoms with Gasteiger partial charge in [-0.05, 0) is 48.9 Å². The minimum Gasteiger partial charge on any atom is -0.349 e. The van der Waals surface area contributed by atoms with Crippen LogP contribution in [0.2, 0.25) is 0 Å². The van der Waals surface area contributed by atoms with Gasteiger partial charge in [0.25, 0.3) is 0 Å². The molecule has 0 aliphatic carbocycles. The Hall–Kier alpha value is -3.71. The summed E-state index contributed by atoms with van der Waals surface area (Å²) in [7, 11) is -4.13. The monoisotopic (exact) mass is 549 g/mol. The summed E-state index contributed by atoms with van der Waals surface area (Å²) in [5.41, 5.74) is -0.743. The zero-order valence-electron chi connectivity index (χ0n) is 20.1. The summed E-state index contributed by atoms with van der Waals surface area (Å²) in [5.74, 6) is -1.16. The molecule has 3 aromatic rings. The van der Waals surface area contributed by atoms with Crippen molar-refractivity contribution in [1.82, 2.24) is 24.6 Å². The number of carbonyl (C=O) groups excluding carboxylic acids is 1. The van der Waals surface area contributed by atoms with Gasteiger partial charge in [-0.2, -0.15) is 17.5 Å². The van der Waals surface area contributed by atoms with Crippen molar-refractivity contribution in [3.05, 3.63) is 84.8 Å². The molecule has 200 valence electrons. The van der Waals surface area contributed by atoms with E-state index in [1.165, 1.54) is 18.5 Å². The molecule has 38 heavy (non-hydrogen) atoms. The van der Waals surface area contributed by atoms with Crippen LogP contribution in [0.25, 0.3) is 11.3 Å². The van der Waals surface area contributed by atoms with Gasteiger partial charge in [-0.1, -0.05) is 13.0 Å². The number of amides is 1. The van der Waals surface area contributed by atoms with E-state index in [-0.39, 0.29) is 24.4 Å². The van der Waals surface area contributed by atoms with E-state index in [9.17, 15) is 30.8 Å². The Labute approximate surface area is 216 Å². The summed E-state index contributed by atoms with van der Waals surface area (Å²) >= 11 is 0. The molecule has 0 radical (unpaired) electrons. The Kier molecular flexibility index (Phi) is 7.35. The summed E-state index contributed by atoms with van der Waals surface area (Å²) in [6.45, 7) is 5.48. The topological polar surface area (TPSA) is 105 Å². The lowest BCUT2D eigenvalue weighted by atomic mass is 9.88. The molecule has 1 fully saturated rings. The zero-order valence-corrected chi connectivity index (χ0v) is 20.9. The van der Waals surface area contributed by atoms with Gasteiger partial charge < -0.3 is 5.32 Å². The number of aromatic nitrogens is 3. The van der Waals surface area contributed by atoms with Crippen LogP contribution in [-0.2, 0) is 27.5 Å². The molecule has 8 nitrogen and oxygen atoms in total. The molecule has 1 amide bonds. The smallest absolute Gasteiger partial charge is 0.349 e. The van der Waals surface area contributed by atoms with Crippen molar-refractivity contribution in [2.75, 3.05) is 6.54 Å². The van der Waals surface area contributed by atoms with Crippen LogP contribution in [0, 0.1) is 11.2 Å². The third-order valence-corrected chi connectivity index (χ3v) is 8.13. The minimum absolute atomic E-state index is 0.00682. The normalized spacial score (nSPS) is 20.3. The van der Waals surface area contributed by atoms with Gasteiger partial charge >= 0.3 is 6.18 Å². The van der Waals surface area contributed by atoms with E-state index < -0.39 is 45.1 Å². The fourth-order valence-corrected chi connectivity index (χ4v) is 5.82. The second-order valence-electron chi connectivity index (χ2n) is 9.12. The molecule has 13 heteroatoms. The standard InChI is InChI=1S/C25H23F4N5O3S/c1-3-24(2)11-21(34(14-24)38(36,37)19-7-5-17(26)6-8-19)23(35)31-13-18-10-20(33-15-32-18)16-4-9-22(30-12-16)25(27,28)29/h3-10,12,15,21H,1,11,13-14H2,2H3,(H,31,35). The van der Waals surface area contributed by atoms with E-state index in [0.717, 1.165) is 40.8 Å². The second kappa shape index (κ2) is 10.2. The average Bonchev–Trinajstić information content (AvgIpc) is 3.26. The lowest BCUT2D eigenvalue weighted by molar-refractivity contribution is -0.141. The quantitative estimate of drug-likeness (QED) is 0.353. The third-order valence-electron chi connectivity index (χ3n) is 6.26. The number of alkyl halides is 3. The van der Waals surface area contributed by atoms with Crippen LogP contribution in [0.5, 0.6) is 0 Å². The molecule has 2 atom stereocenters. The van der Waals surface area contributed by atoms with E-state index >= 15 is 0 Å². The molecular weight excluding hydrogens is 526 g/mol. The number of nitrogens with zero attached hydrogens (tertiary/aromatic N) is 4. The van der Waals surface area contributed by atoms with Gasteiger partial charge in [0, 0.05) is 23.7 Å². The maximum Gasteiger partial charge on any atom is 0.433 e. The summed E-state index contributed by atoms with van der Waals surface area (Å²) in [5, 5.41) is 2.68. The second-order valence-corrected chi connectivity index (χ2v) is 11.0. The average molecular weight is 550 g/mol. The number of pyridine rings is 1. The lowest BCUT2D eigenvalue weighted by Crippen LogP contribution is -2.45. The third kappa shape index (κ3) is 5.73. The first kappa shape index (κ1) is 27.3. The fraction of sp³-hybridized carbons (Fsp3) is 0.280. The Morgan fingerprint density at radius 2 is 1.89 bits per heavy atom. The van der Waals surface area contributed by atoms with E-state index in [1.807, 2.05) is 0 Å². The number of halogens is 4. The Morgan fingerprint density at radius 1 is 1.18 bits per heavy atom. The van der Waals surface area contributed by atoms with Crippen molar-refractivity contribution < 1.29 is 30.8 Å². The van der Waals surface area contributed by atoms with Gasteiger partial charge in [0.2, 0.25) is 15.9 Å². The van der Waals surface area contributed by atoms with E-state index in [1.54, 1.807) is 13.0 Å². The van der Waals surface area contributed by atoms with Gasteiger partial charge in [0.15, 0.2) is 0 Å². The molecule has 0 saturated carbocycles. The predicted molar refractivity (Wildman–Crippen MR) is 129 cm³/mol. The first-order valence-electron chi connectivity index (χ1n) is 11.4. The molecule has 2 unspecified atom stereocenters. The highest BCUT2D eigenvalue weighted by Gasteiger charge is 2.48. The van der Waals surface area contributed by atoms with Gasteiger partial charge in [-0.15, -0.1) is 6.58 Å². The molecule has 4 rings (SSSR count). The highest BCUT2D eigenvalue weighted by atomic mass is 32.2. The first-order valence-corrected chi connectivity index (χ1v) is 12.8. The molecule has 1 aromatic carbocycles. The number of hydrogen-bond acceptors (Lipinski definition) is 6. The molecule has 1 aliphatic rings. The van der Waals surface area contributed by atoms with Crippen LogP contribution in [0.1, 0.15) is 24.7 Å². The molecule has 1 saturated heterocycles. The van der Waals surface area contributed by atoms with Gasteiger partial charge in [-0.3, -0.25) is 9.78 Å². The Morgan fingerprint density at radius 3 is 2.50 bits per heavy atom. The van der Waals surface area contributed by atoms with Gasteiger partial charge in [-0.25, -0.2) is 22.8 Å². The van der Waals surface area contributed by atoms with Crippen LogP contribution in [0.3, 0.4) is 0 Å². The van der Waals surface area contributed by atoms with Crippen LogP contribution >= 0.6 is 0 Å². The number of carbonyl (C=O) groups is 1. The van der Waals surface area contributed by atoms with Crippen molar-refractivity contribution in [2.45, 2.75) is 37.0 Å². The first-order chi connectivity index (χ1) is 17.8. The fourth-order valence-electron chi connectivity index (χ4n) is 4.10. The Balaban J connectivity index is 1.51. The number of benzene rings is 1. The molecular formula is C25H23F4N5O3S. The van der Waals surface area contributed by atoms with Crippen LogP contribution in [-0.4, -0.2) is 46.2 Å². The largest absolute Gasteiger partial charge is 0.433 e. The van der Waals surface area contributed by atoms with Crippen LogP contribution in [0.4, 0.5) is 17.6 Å². The van der Waals surface area contributed by atoms with Crippen molar-refractivity contribution in [3.63, 3.8) is 0 Å². The number of sulfonamides is 1. The molecule has 0 spiro atoms. The van der Waals surface area contributed by atoms with E-state index in [4.69, 9.17) is 0 Å². The zero-order chi connectivity index (χ0) is 27.7. The number of hydrogen-bond donors (Lipinski definition) is 1. The molecule has 0 bridgehead atoms. The van der Waals surface area contributed by atoms with Crippen molar-refractivity contribution in [2.24, 2.45) is 5.41 Å². The number of nitrogens with one attached hydrogen (secondary N) is 1. The van der Waals surface area contributed by atoms with E-state index in [0.29, 0.717) is 17.0 Å². The molecule has 2 aromatic heterocycles. The Bertz CT molecular complexity index is 1450. The summed E-state index contributed by atoms with van der Waals surface area (Å²) < 4.78 is 79.4. The van der Waals surface area contributed by atoms with Gasteiger partial charge in [0.1, 0.15) is 23.9 Å². The lowest BCUT2D eigenvalue weighted by Gasteiger charge is -2.23. The summed E-state index contributed by atoms with van der Waals surface area (Å²) in [6.07, 6.45) is -0.554.